The highest BCUT2D eigenvalue weighted by atomic mass is 79.9. The molecule has 0 spiro atoms. The van der Waals surface area contributed by atoms with Crippen molar-refractivity contribution in [3.05, 3.63) is 16.7 Å². The summed E-state index contributed by atoms with van der Waals surface area (Å²) in [6.07, 6.45) is 1.20. The summed E-state index contributed by atoms with van der Waals surface area (Å²) in [5, 5.41) is 9.02. The number of fused-ring (bicyclic) bond motifs is 1. The molecule has 5 nitrogen and oxygen atoms in total. The van der Waals surface area contributed by atoms with Crippen molar-refractivity contribution < 1.29 is 14.6 Å². The van der Waals surface area contributed by atoms with E-state index in [4.69, 9.17) is 9.84 Å². The first-order valence-corrected chi connectivity index (χ1v) is 5.27. The molecule has 0 aromatic carbocycles. The Labute approximate surface area is 94.8 Å². The molecule has 0 saturated carbocycles. The van der Waals surface area contributed by atoms with Crippen LogP contribution in [0.3, 0.4) is 0 Å². The van der Waals surface area contributed by atoms with Gasteiger partial charge in [0, 0.05) is 12.7 Å². The summed E-state index contributed by atoms with van der Waals surface area (Å²) in [5.41, 5.74) is 0. The van der Waals surface area contributed by atoms with Crippen molar-refractivity contribution in [1.82, 2.24) is 4.98 Å². The molecule has 1 amide bonds. The molecule has 2 rings (SSSR count). The third-order valence-corrected chi connectivity index (χ3v) is 2.72. The molecule has 0 bridgehead atoms. The predicted octanol–water partition coefficient (Wildman–Crippen LogP) is 2.11. The third-order valence-electron chi connectivity index (χ3n) is 2.10. The maximum absolute atomic E-state index is 11.0. The second-order valence-electron chi connectivity index (χ2n) is 3.08. The van der Waals surface area contributed by atoms with Gasteiger partial charge in [-0.3, -0.25) is 4.90 Å². The molecule has 80 valence electrons. The molecule has 0 radical (unpaired) electrons. The molecule has 0 aliphatic carbocycles. The quantitative estimate of drug-likeness (QED) is 0.786. The van der Waals surface area contributed by atoms with E-state index in [0.29, 0.717) is 31.1 Å². The van der Waals surface area contributed by atoms with Gasteiger partial charge in [0.05, 0.1) is 11.1 Å². The molecule has 1 aromatic rings. The largest absolute Gasteiger partial charge is 0.488 e. The van der Waals surface area contributed by atoms with Crippen LogP contribution in [0.2, 0.25) is 0 Å². The van der Waals surface area contributed by atoms with Gasteiger partial charge in [-0.1, -0.05) is 0 Å². The minimum Gasteiger partial charge on any atom is -0.488 e. The number of halogens is 1. The first kappa shape index (κ1) is 10.2. The summed E-state index contributed by atoms with van der Waals surface area (Å²) in [5.74, 6) is 0.853. The van der Waals surface area contributed by atoms with Crippen LogP contribution in [0.15, 0.2) is 16.7 Å². The van der Waals surface area contributed by atoms with Crippen LogP contribution in [0, 0.1) is 0 Å². The van der Waals surface area contributed by atoms with E-state index in [2.05, 4.69) is 20.9 Å². The zero-order valence-electron chi connectivity index (χ0n) is 7.81. The number of hydrogen-bond acceptors (Lipinski definition) is 3. The molecule has 15 heavy (non-hydrogen) atoms. The summed E-state index contributed by atoms with van der Waals surface area (Å²) in [4.78, 5) is 16.2. The van der Waals surface area contributed by atoms with Crippen LogP contribution >= 0.6 is 15.9 Å². The molecule has 6 heteroatoms. The molecule has 1 N–H and O–H groups in total. The molecule has 2 heterocycles. The highest BCUT2D eigenvalue weighted by molar-refractivity contribution is 9.10. The number of aromatic nitrogens is 1. The van der Waals surface area contributed by atoms with Crippen LogP contribution in [-0.2, 0) is 0 Å². The molecule has 1 aliphatic rings. The number of rotatable bonds is 0. The maximum atomic E-state index is 11.0. The molecule has 0 atom stereocenters. The molecule has 0 unspecified atom stereocenters. The summed E-state index contributed by atoms with van der Waals surface area (Å²) in [6.45, 7) is 0.910. The molecular weight excluding hydrogens is 264 g/mol. The van der Waals surface area contributed by atoms with Crippen LogP contribution in [-0.4, -0.2) is 29.3 Å². The van der Waals surface area contributed by atoms with Crippen molar-refractivity contribution in [2.75, 3.05) is 18.1 Å². The molecule has 0 fully saturated rings. The Morgan fingerprint density at radius 1 is 1.67 bits per heavy atom. The van der Waals surface area contributed by atoms with Crippen molar-refractivity contribution in [3.8, 4) is 5.75 Å². The van der Waals surface area contributed by atoms with Gasteiger partial charge < -0.3 is 9.84 Å². The van der Waals surface area contributed by atoms with E-state index in [1.165, 1.54) is 4.90 Å². The highest BCUT2D eigenvalue weighted by Crippen LogP contribution is 2.35. The SMILES string of the molecule is O=C(O)N1CCCOc2c(Br)ccnc21. The van der Waals surface area contributed by atoms with E-state index >= 15 is 0 Å². The fraction of sp³-hybridized carbons (Fsp3) is 0.333. The summed E-state index contributed by atoms with van der Waals surface area (Å²) < 4.78 is 6.17. The minimum atomic E-state index is -1.01. The van der Waals surface area contributed by atoms with E-state index in [-0.39, 0.29) is 0 Å². The summed E-state index contributed by atoms with van der Waals surface area (Å²) in [7, 11) is 0. The lowest BCUT2D eigenvalue weighted by atomic mass is 10.4. The normalized spacial score (nSPS) is 15.1. The van der Waals surface area contributed by atoms with E-state index in [1.54, 1.807) is 12.3 Å². The van der Waals surface area contributed by atoms with Crippen molar-refractivity contribution in [1.29, 1.82) is 0 Å². The monoisotopic (exact) mass is 272 g/mol. The second kappa shape index (κ2) is 4.06. The van der Waals surface area contributed by atoms with E-state index in [0.717, 1.165) is 4.47 Å². The van der Waals surface area contributed by atoms with Crippen LogP contribution in [0.25, 0.3) is 0 Å². The van der Waals surface area contributed by atoms with Crippen molar-refractivity contribution >= 4 is 27.8 Å². The molecule has 0 saturated heterocycles. The summed E-state index contributed by atoms with van der Waals surface area (Å²) in [6, 6.07) is 1.73. The Morgan fingerprint density at radius 2 is 2.47 bits per heavy atom. The van der Waals surface area contributed by atoms with E-state index < -0.39 is 6.09 Å². The average Bonchev–Trinajstić information content (AvgIpc) is 2.40. The standard InChI is InChI=1S/C9H9BrN2O3/c10-6-2-3-11-8-7(6)15-5-1-4-12(8)9(13)14/h2-3H,1,4-5H2,(H,13,14). The number of carboxylic acid groups (broad SMARTS) is 1. The number of hydrogen-bond donors (Lipinski definition) is 1. The van der Waals surface area contributed by atoms with Gasteiger partial charge in [-0.25, -0.2) is 9.78 Å². The number of anilines is 1. The lowest BCUT2D eigenvalue weighted by molar-refractivity contribution is 0.201. The lowest BCUT2D eigenvalue weighted by Crippen LogP contribution is -2.30. The zero-order chi connectivity index (χ0) is 10.8. The molecule has 1 aliphatic heterocycles. The molecular formula is C9H9BrN2O3. The van der Waals surface area contributed by atoms with Gasteiger partial charge in [0.25, 0.3) is 0 Å². The van der Waals surface area contributed by atoms with Crippen molar-refractivity contribution in [2.45, 2.75) is 6.42 Å². The third kappa shape index (κ3) is 1.90. The fourth-order valence-electron chi connectivity index (χ4n) is 1.43. The average molecular weight is 273 g/mol. The van der Waals surface area contributed by atoms with Crippen LogP contribution in [0.5, 0.6) is 5.75 Å². The Kier molecular flexibility index (Phi) is 2.77. The van der Waals surface area contributed by atoms with Gasteiger partial charge in [0.15, 0.2) is 11.6 Å². The maximum Gasteiger partial charge on any atom is 0.413 e. The first-order chi connectivity index (χ1) is 7.20. The molecule has 1 aromatic heterocycles. The van der Waals surface area contributed by atoms with Crippen molar-refractivity contribution in [2.24, 2.45) is 0 Å². The number of ether oxygens (including phenoxy) is 1. The Balaban J connectivity index is 2.49. The van der Waals surface area contributed by atoms with Crippen LogP contribution in [0.4, 0.5) is 10.6 Å². The van der Waals surface area contributed by atoms with Crippen molar-refractivity contribution in [3.63, 3.8) is 0 Å². The summed E-state index contributed by atoms with van der Waals surface area (Å²) >= 11 is 3.31. The predicted molar refractivity (Wildman–Crippen MR) is 57.4 cm³/mol. The Bertz CT molecular complexity index is 397. The van der Waals surface area contributed by atoms with E-state index in [9.17, 15) is 4.79 Å². The lowest BCUT2D eigenvalue weighted by Gasteiger charge is -2.16. The van der Waals surface area contributed by atoms with Gasteiger partial charge in [-0.05, 0) is 28.4 Å². The number of amides is 1. The topological polar surface area (TPSA) is 62.7 Å². The van der Waals surface area contributed by atoms with Crippen LogP contribution < -0.4 is 9.64 Å². The van der Waals surface area contributed by atoms with Gasteiger partial charge in [-0.15, -0.1) is 0 Å². The minimum absolute atomic E-state index is 0.356. The van der Waals surface area contributed by atoms with Gasteiger partial charge in [0.1, 0.15) is 0 Å². The van der Waals surface area contributed by atoms with Gasteiger partial charge >= 0.3 is 6.09 Å². The second-order valence-corrected chi connectivity index (χ2v) is 3.94. The Morgan fingerprint density at radius 3 is 3.20 bits per heavy atom. The van der Waals surface area contributed by atoms with Gasteiger partial charge in [-0.2, -0.15) is 0 Å². The number of nitrogens with zero attached hydrogens (tertiary/aromatic N) is 2. The van der Waals surface area contributed by atoms with Gasteiger partial charge in [0.2, 0.25) is 0 Å². The van der Waals surface area contributed by atoms with E-state index in [1.807, 2.05) is 0 Å². The zero-order valence-corrected chi connectivity index (χ0v) is 9.40. The first-order valence-electron chi connectivity index (χ1n) is 4.48. The van der Waals surface area contributed by atoms with Crippen LogP contribution in [0.1, 0.15) is 6.42 Å². The smallest absolute Gasteiger partial charge is 0.413 e. The fourth-order valence-corrected chi connectivity index (χ4v) is 1.84. The highest BCUT2D eigenvalue weighted by Gasteiger charge is 2.24. The number of carbonyl (C=O) groups is 1. The Hall–Kier alpha value is -1.30. The number of pyridine rings is 1.